The molecule has 3 rings (SSSR count). The van der Waals surface area contributed by atoms with Gasteiger partial charge >= 0.3 is 0 Å². The molecule has 102 valence electrons. The number of rotatable bonds is 2. The summed E-state index contributed by atoms with van der Waals surface area (Å²) in [5.74, 6) is 1.21. The van der Waals surface area contributed by atoms with Gasteiger partial charge in [0.2, 0.25) is 0 Å². The Hall–Kier alpha value is -2.21. The molecule has 3 aromatic carbocycles. The molecule has 0 radical (unpaired) electrons. The van der Waals surface area contributed by atoms with Gasteiger partial charge < -0.3 is 4.74 Å². The third-order valence-corrected chi connectivity index (χ3v) is 3.50. The van der Waals surface area contributed by atoms with Crippen molar-refractivity contribution in [2.75, 3.05) is 0 Å². The molecule has 0 fully saturated rings. The second-order valence-electron chi connectivity index (χ2n) is 4.48. The Morgan fingerprint density at radius 1 is 0.857 bits per heavy atom. The van der Waals surface area contributed by atoms with Crippen LogP contribution in [0.1, 0.15) is 5.56 Å². The van der Waals surface area contributed by atoms with Crippen LogP contribution in [0.3, 0.4) is 0 Å². The van der Waals surface area contributed by atoms with Gasteiger partial charge in [0.15, 0.2) is 0 Å². The van der Waals surface area contributed by atoms with Crippen molar-refractivity contribution in [3.63, 3.8) is 0 Å². The van der Waals surface area contributed by atoms with E-state index >= 15 is 0 Å². The van der Waals surface area contributed by atoms with Crippen LogP contribution in [0.2, 0.25) is 10.0 Å². The van der Waals surface area contributed by atoms with Crippen molar-refractivity contribution < 1.29 is 4.74 Å². The van der Waals surface area contributed by atoms with E-state index in [-0.39, 0.29) is 0 Å². The minimum Gasteiger partial charge on any atom is -0.457 e. The van der Waals surface area contributed by atoms with Crippen LogP contribution in [0, 0.1) is 11.3 Å². The fourth-order valence-electron chi connectivity index (χ4n) is 2.17. The number of ether oxygens (including phenoxy) is 1. The van der Waals surface area contributed by atoms with Crippen LogP contribution < -0.4 is 4.74 Å². The summed E-state index contributed by atoms with van der Waals surface area (Å²) in [4.78, 5) is 0. The summed E-state index contributed by atoms with van der Waals surface area (Å²) in [7, 11) is 0. The van der Waals surface area contributed by atoms with Crippen molar-refractivity contribution >= 4 is 34.0 Å². The van der Waals surface area contributed by atoms with Crippen LogP contribution in [0.15, 0.2) is 54.6 Å². The molecule has 0 bridgehead atoms. The highest BCUT2D eigenvalue weighted by molar-refractivity contribution is 6.34. The lowest BCUT2D eigenvalue weighted by molar-refractivity contribution is 0.488. The number of halogens is 2. The summed E-state index contributed by atoms with van der Waals surface area (Å²) in [5, 5.41) is 11.9. The highest BCUT2D eigenvalue weighted by atomic mass is 35.5. The zero-order chi connectivity index (χ0) is 14.8. The van der Waals surface area contributed by atoms with E-state index in [1.165, 1.54) is 0 Å². The van der Waals surface area contributed by atoms with Gasteiger partial charge in [-0.05, 0) is 30.3 Å². The Morgan fingerprint density at radius 3 is 2.19 bits per heavy atom. The van der Waals surface area contributed by atoms with Crippen LogP contribution in [-0.2, 0) is 0 Å². The normalized spacial score (nSPS) is 10.3. The van der Waals surface area contributed by atoms with Gasteiger partial charge in [0, 0.05) is 20.8 Å². The molecular weight excluding hydrogens is 305 g/mol. The van der Waals surface area contributed by atoms with Crippen LogP contribution >= 0.6 is 23.2 Å². The molecule has 0 amide bonds. The fourth-order valence-corrected chi connectivity index (χ4v) is 2.68. The molecule has 0 saturated heterocycles. The van der Waals surface area contributed by atoms with Crippen molar-refractivity contribution in [3.05, 3.63) is 70.2 Å². The van der Waals surface area contributed by atoms with E-state index < -0.39 is 0 Å². The number of benzene rings is 3. The zero-order valence-electron chi connectivity index (χ0n) is 10.8. The van der Waals surface area contributed by atoms with Crippen LogP contribution in [-0.4, -0.2) is 0 Å². The lowest BCUT2D eigenvalue weighted by Crippen LogP contribution is -1.88. The van der Waals surface area contributed by atoms with Gasteiger partial charge in [-0.25, -0.2) is 0 Å². The second-order valence-corrected chi connectivity index (χ2v) is 5.35. The van der Waals surface area contributed by atoms with Gasteiger partial charge in [0.25, 0.3) is 0 Å². The van der Waals surface area contributed by atoms with Gasteiger partial charge in [-0.1, -0.05) is 47.5 Å². The molecule has 0 atom stereocenters. The highest BCUT2D eigenvalue weighted by Crippen LogP contribution is 2.34. The fraction of sp³-hybridized carbons (Fsp3) is 0. The lowest BCUT2D eigenvalue weighted by atomic mass is 10.0. The first-order valence-electron chi connectivity index (χ1n) is 6.23. The van der Waals surface area contributed by atoms with Crippen molar-refractivity contribution in [1.29, 1.82) is 5.26 Å². The van der Waals surface area contributed by atoms with Crippen LogP contribution in [0.4, 0.5) is 0 Å². The second kappa shape index (κ2) is 5.65. The van der Waals surface area contributed by atoms with E-state index in [0.29, 0.717) is 27.1 Å². The molecule has 0 heterocycles. The first-order valence-corrected chi connectivity index (χ1v) is 6.99. The topological polar surface area (TPSA) is 33.0 Å². The Labute approximate surface area is 132 Å². The first-order chi connectivity index (χ1) is 10.2. The van der Waals surface area contributed by atoms with Gasteiger partial charge in [-0.15, -0.1) is 0 Å². The van der Waals surface area contributed by atoms with E-state index in [0.717, 1.165) is 10.8 Å². The summed E-state index contributed by atoms with van der Waals surface area (Å²) in [6.07, 6.45) is 0. The van der Waals surface area contributed by atoms with E-state index in [2.05, 4.69) is 6.07 Å². The summed E-state index contributed by atoms with van der Waals surface area (Å²) < 4.78 is 5.87. The smallest absolute Gasteiger partial charge is 0.135 e. The number of hydrogen-bond donors (Lipinski definition) is 0. The van der Waals surface area contributed by atoms with E-state index in [9.17, 15) is 0 Å². The summed E-state index contributed by atoms with van der Waals surface area (Å²) >= 11 is 11.9. The maximum absolute atomic E-state index is 9.16. The average Bonchev–Trinajstić information content (AvgIpc) is 2.46. The van der Waals surface area contributed by atoms with Gasteiger partial charge in [0.05, 0.1) is 11.6 Å². The van der Waals surface area contributed by atoms with Crippen molar-refractivity contribution in [1.82, 2.24) is 0 Å². The van der Waals surface area contributed by atoms with E-state index in [4.69, 9.17) is 33.2 Å². The Kier molecular flexibility index (Phi) is 3.70. The van der Waals surface area contributed by atoms with Crippen molar-refractivity contribution in [2.24, 2.45) is 0 Å². The molecule has 0 spiro atoms. The minimum absolute atomic E-state index is 0.510. The third-order valence-electron chi connectivity index (χ3n) is 3.07. The molecule has 0 aliphatic carbocycles. The molecule has 0 N–H and O–H groups in total. The number of fused-ring (bicyclic) bond motifs is 1. The molecule has 0 aromatic heterocycles. The zero-order valence-corrected chi connectivity index (χ0v) is 12.3. The van der Waals surface area contributed by atoms with Crippen LogP contribution in [0.25, 0.3) is 10.8 Å². The van der Waals surface area contributed by atoms with Gasteiger partial charge in [-0.2, -0.15) is 5.26 Å². The largest absolute Gasteiger partial charge is 0.457 e. The Morgan fingerprint density at radius 2 is 1.52 bits per heavy atom. The monoisotopic (exact) mass is 313 g/mol. The predicted molar refractivity (Wildman–Crippen MR) is 85.2 cm³/mol. The number of hydrogen-bond acceptors (Lipinski definition) is 2. The molecule has 0 aliphatic heterocycles. The van der Waals surface area contributed by atoms with Crippen LogP contribution in [0.5, 0.6) is 11.5 Å². The first kappa shape index (κ1) is 13.8. The predicted octanol–water partition coefficient (Wildman–Crippen LogP) is 5.81. The van der Waals surface area contributed by atoms with Crippen molar-refractivity contribution in [2.45, 2.75) is 0 Å². The standard InChI is InChI=1S/C17H9Cl2NO/c18-12-7-13(19)9-14(8-12)21-17-6-5-11(10-20)15-3-1-2-4-16(15)17/h1-9H. The molecular formula is C17H9Cl2NO. The summed E-state index contributed by atoms with van der Waals surface area (Å²) in [5.41, 5.74) is 0.613. The van der Waals surface area contributed by atoms with E-state index in [1.54, 1.807) is 30.3 Å². The molecule has 0 saturated carbocycles. The van der Waals surface area contributed by atoms with E-state index in [1.807, 2.05) is 24.3 Å². The Bertz CT molecular complexity index is 848. The number of nitriles is 1. The molecule has 3 aromatic rings. The molecule has 21 heavy (non-hydrogen) atoms. The molecule has 0 unspecified atom stereocenters. The SMILES string of the molecule is N#Cc1ccc(Oc2cc(Cl)cc(Cl)c2)c2ccccc12. The summed E-state index contributed by atoms with van der Waals surface area (Å²) in [6, 6.07) is 18.3. The molecule has 2 nitrogen and oxygen atoms in total. The van der Waals surface area contributed by atoms with Gasteiger partial charge in [-0.3, -0.25) is 0 Å². The lowest BCUT2D eigenvalue weighted by Gasteiger charge is -2.10. The maximum Gasteiger partial charge on any atom is 0.135 e. The highest BCUT2D eigenvalue weighted by Gasteiger charge is 2.08. The Balaban J connectivity index is 2.11. The van der Waals surface area contributed by atoms with Gasteiger partial charge in [0.1, 0.15) is 11.5 Å². The summed E-state index contributed by atoms with van der Waals surface area (Å²) in [6.45, 7) is 0. The quantitative estimate of drug-likeness (QED) is 0.598. The molecule has 4 heteroatoms. The maximum atomic E-state index is 9.16. The molecule has 0 aliphatic rings. The minimum atomic E-state index is 0.510. The average molecular weight is 314 g/mol. The number of nitrogens with zero attached hydrogens (tertiary/aromatic N) is 1. The van der Waals surface area contributed by atoms with Crippen molar-refractivity contribution in [3.8, 4) is 17.6 Å². The third kappa shape index (κ3) is 2.80.